The summed E-state index contributed by atoms with van der Waals surface area (Å²) in [6.45, 7) is 4.68. The van der Waals surface area contributed by atoms with Crippen LogP contribution in [0.25, 0.3) is 0 Å². The van der Waals surface area contributed by atoms with Crippen molar-refractivity contribution >= 4 is 17.4 Å². The highest BCUT2D eigenvalue weighted by atomic mass is 16.1. The average molecular weight is 358 g/mol. The number of benzene rings is 2. The van der Waals surface area contributed by atoms with Gasteiger partial charge < -0.3 is 10.2 Å². The zero-order valence-electron chi connectivity index (χ0n) is 15.5. The zero-order chi connectivity index (χ0) is 18.8. The summed E-state index contributed by atoms with van der Waals surface area (Å²) in [7, 11) is 0. The molecule has 1 amide bonds. The van der Waals surface area contributed by atoms with E-state index in [1.807, 2.05) is 37.3 Å². The molecule has 136 valence electrons. The third-order valence-corrected chi connectivity index (χ3v) is 4.87. The molecule has 5 heteroatoms. The van der Waals surface area contributed by atoms with Gasteiger partial charge in [-0.2, -0.15) is 0 Å². The normalized spacial score (nSPS) is 15.5. The van der Waals surface area contributed by atoms with Crippen LogP contribution in [-0.4, -0.2) is 22.1 Å². The molecule has 1 N–H and O–H groups in total. The predicted molar refractivity (Wildman–Crippen MR) is 106 cm³/mol. The first-order valence-electron chi connectivity index (χ1n) is 9.16. The smallest absolute Gasteiger partial charge is 0.272 e. The molecule has 0 fully saturated rings. The maximum atomic E-state index is 12.4. The van der Waals surface area contributed by atoms with Gasteiger partial charge in [-0.1, -0.05) is 48.0 Å². The van der Waals surface area contributed by atoms with E-state index in [1.165, 1.54) is 11.1 Å². The molecular formula is C22H22N4O. The number of aryl methyl sites for hydroxylation is 1. The Labute approximate surface area is 159 Å². The van der Waals surface area contributed by atoms with E-state index in [9.17, 15) is 4.79 Å². The Bertz CT molecular complexity index is 968. The highest BCUT2D eigenvalue weighted by Gasteiger charge is 2.28. The van der Waals surface area contributed by atoms with Gasteiger partial charge in [-0.05, 0) is 49.6 Å². The maximum Gasteiger partial charge on any atom is 0.272 e. The second-order valence-corrected chi connectivity index (χ2v) is 7.00. The number of hydrogen-bond acceptors (Lipinski definition) is 4. The third-order valence-electron chi connectivity index (χ3n) is 4.87. The SMILES string of the molecule is Cc1cccc(CNC(=O)c2ccc(N3c4ccccc4CC3C)nn2)c1. The van der Waals surface area contributed by atoms with Crippen molar-refractivity contribution in [1.82, 2.24) is 15.5 Å². The first-order chi connectivity index (χ1) is 13.1. The largest absolute Gasteiger partial charge is 0.347 e. The molecule has 3 aromatic rings. The molecule has 1 aromatic heterocycles. The summed E-state index contributed by atoms with van der Waals surface area (Å²) in [5.74, 6) is 0.549. The van der Waals surface area contributed by atoms with Gasteiger partial charge in [0.05, 0.1) is 0 Å². The fraction of sp³-hybridized carbons (Fsp3) is 0.227. The number of aromatic nitrogens is 2. The number of hydrogen-bond donors (Lipinski definition) is 1. The van der Waals surface area contributed by atoms with Crippen LogP contribution in [0.1, 0.15) is 34.1 Å². The number of nitrogens with zero attached hydrogens (tertiary/aromatic N) is 3. The second kappa shape index (κ2) is 7.19. The Hall–Kier alpha value is -3.21. The van der Waals surface area contributed by atoms with Crippen molar-refractivity contribution < 1.29 is 4.79 Å². The number of nitrogens with one attached hydrogen (secondary N) is 1. The Balaban J connectivity index is 1.47. The molecule has 1 aliphatic rings. The minimum Gasteiger partial charge on any atom is -0.347 e. The summed E-state index contributed by atoms with van der Waals surface area (Å²) in [4.78, 5) is 14.5. The molecule has 0 bridgehead atoms. The van der Waals surface area contributed by atoms with Crippen LogP contribution in [0.3, 0.4) is 0 Å². The number of amides is 1. The van der Waals surface area contributed by atoms with Crippen LogP contribution in [0.5, 0.6) is 0 Å². The third kappa shape index (κ3) is 3.53. The van der Waals surface area contributed by atoms with E-state index < -0.39 is 0 Å². The van der Waals surface area contributed by atoms with Gasteiger partial charge >= 0.3 is 0 Å². The molecule has 2 aromatic carbocycles. The molecular weight excluding hydrogens is 336 g/mol. The monoisotopic (exact) mass is 358 g/mol. The number of para-hydroxylation sites is 1. The van der Waals surface area contributed by atoms with Crippen LogP contribution in [0, 0.1) is 6.92 Å². The quantitative estimate of drug-likeness (QED) is 0.771. The number of carbonyl (C=O) groups is 1. The minimum atomic E-state index is -0.217. The highest BCUT2D eigenvalue weighted by Crippen LogP contribution is 2.36. The summed E-state index contributed by atoms with van der Waals surface area (Å²) in [5.41, 5.74) is 5.04. The predicted octanol–water partition coefficient (Wildman–Crippen LogP) is 3.80. The van der Waals surface area contributed by atoms with Gasteiger partial charge in [0.2, 0.25) is 0 Å². The molecule has 1 atom stereocenters. The van der Waals surface area contributed by atoms with E-state index in [2.05, 4.69) is 51.6 Å². The van der Waals surface area contributed by atoms with Crippen LogP contribution >= 0.6 is 0 Å². The van der Waals surface area contributed by atoms with Gasteiger partial charge in [0.25, 0.3) is 5.91 Å². The molecule has 0 radical (unpaired) electrons. The summed E-state index contributed by atoms with van der Waals surface area (Å²) in [6, 6.07) is 20.3. The van der Waals surface area contributed by atoms with E-state index in [0.29, 0.717) is 18.3 Å². The molecule has 5 nitrogen and oxygen atoms in total. The molecule has 1 aliphatic heterocycles. The molecule has 27 heavy (non-hydrogen) atoms. The summed E-state index contributed by atoms with van der Waals surface area (Å²) < 4.78 is 0. The van der Waals surface area contributed by atoms with Crippen molar-refractivity contribution in [3.63, 3.8) is 0 Å². The fourth-order valence-electron chi connectivity index (χ4n) is 3.58. The molecule has 0 spiro atoms. The van der Waals surface area contributed by atoms with Gasteiger partial charge in [-0.3, -0.25) is 4.79 Å². The number of anilines is 2. The van der Waals surface area contributed by atoms with Crippen LogP contribution in [0.4, 0.5) is 11.5 Å². The minimum absolute atomic E-state index is 0.217. The number of rotatable bonds is 4. The first-order valence-corrected chi connectivity index (χ1v) is 9.16. The van der Waals surface area contributed by atoms with Crippen molar-refractivity contribution in [1.29, 1.82) is 0 Å². The summed E-state index contributed by atoms with van der Waals surface area (Å²) in [6.07, 6.45) is 0.983. The number of fused-ring (bicyclic) bond motifs is 1. The molecule has 1 unspecified atom stereocenters. The molecule has 0 saturated heterocycles. The van der Waals surface area contributed by atoms with E-state index >= 15 is 0 Å². The topological polar surface area (TPSA) is 58.1 Å². The lowest BCUT2D eigenvalue weighted by Crippen LogP contribution is -2.27. The maximum absolute atomic E-state index is 12.4. The standard InChI is InChI=1S/C22H22N4O/c1-15-6-5-7-17(12-15)14-23-22(27)19-10-11-21(25-24-19)26-16(2)13-18-8-3-4-9-20(18)26/h3-12,16H,13-14H2,1-2H3,(H,23,27). The van der Waals surface area contributed by atoms with E-state index in [-0.39, 0.29) is 5.91 Å². The van der Waals surface area contributed by atoms with E-state index in [0.717, 1.165) is 23.5 Å². The molecule has 2 heterocycles. The Morgan fingerprint density at radius 3 is 2.74 bits per heavy atom. The van der Waals surface area contributed by atoms with Gasteiger partial charge in [-0.15, -0.1) is 10.2 Å². The lowest BCUT2D eigenvalue weighted by Gasteiger charge is -2.23. The van der Waals surface area contributed by atoms with Crippen LogP contribution in [-0.2, 0) is 13.0 Å². The van der Waals surface area contributed by atoms with Crippen LogP contribution in [0.15, 0.2) is 60.7 Å². The van der Waals surface area contributed by atoms with Crippen LogP contribution in [0.2, 0.25) is 0 Å². The van der Waals surface area contributed by atoms with Crippen molar-refractivity contribution in [2.45, 2.75) is 32.9 Å². The molecule has 0 saturated carbocycles. The van der Waals surface area contributed by atoms with Crippen molar-refractivity contribution in [2.75, 3.05) is 4.90 Å². The van der Waals surface area contributed by atoms with E-state index in [4.69, 9.17) is 0 Å². The van der Waals surface area contributed by atoms with Gasteiger partial charge in [0.15, 0.2) is 11.5 Å². The summed E-state index contributed by atoms with van der Waals surface area (Å²) >= 11 is 0. The average Bonchev–Trinajstić information content (AvgIpc) is 3.02. The molecule has 4 rings (SSSR count). The Morgan fingerprint density at radius 2 is 1.96 bits per heavy atom. The fourth-order valence-corrected chi connectivity index (χ4v) is 3.58. The zero-order valence-corrected chi connectivity index (χ0v) is 15.5. The van der Waals surface area contributed by atoms with Crippen LogP contribution < -0.4 is 10.2 Å². The van der Waals surface area contributed by atoms with Crippen molar-refractivity contribution in [3.8, 4) is 0 Å². The van der Waals surface area contributed by atoms with Crippen molar-refractivity contribution in [3.05, 3.63) is 83.0 Å². The lowest BCUT2D eigenvalue weighted by molar-refractivity contribution is 0.0945. The first kappa shape index (κ1) is 17.2. The van der Waals surface area contributed by atoms with Gasteiger partial charge in [0.1, 0.15) is 0 Å². The lowest BCUT2D eigenvalue weighted by atomic mass is 10.1. The highest BCUT2D eigenvalue weighted by molar-refractivity contribution is 5.92. The Morgan fingerprint density at radius 1 is 1.11 bits per heavy atom. The molecule has 0 aliphatic carbocycles. The van der Waals surface area contributed by atoms with Gasteiger partial charge in [-0.25, -0.2) is 0 Å². The number of carbonyl (C=O) groups excluding carboxylic acids is 1. The second-order valence-electron chi connectivity index (χ2n) is 7.00. The van der Waals surface area contributed by atoms with Crippen molar-refractivity contribution in [2.24, 2.45) is 0 Å². The van der Waals surface area contributed by atoms with E-state index in [1.54, 1.807) is 6.07 Å². The van der Waals surface area contributed by atoms with Gasteiger partial charge in [0, 0.05) is 18.3 Å². The Kier molecular flexibility index (Phi) is 4.59. The summed E-state index contributed by atoms with van der Waals surface area (Å²) in [5, 5.41) is 11.4.